The number of aromatic carboxylic acids is 1. The first-order chi connectivity index (χ1) is 7.94. The summed E-state index contributed by atoms with van der Waals surface area (Å²) < 4.78 is 0. The number of hydrogen-bond donors (Lipinski definition) is 3. The Morgan fingerprint density at radius 3 is 2.88 bits per heavy atom. The third kappa shape index (κ3) is 4.40. The molecule has 0 bridgehead atoms. The van der Waals surface area contributed by atoms with Gasteiger partial charge in [-0.2, -0.15) is 0 Å². The van der Waals surface area contributed by atoms with Crippen LogP contribution in [0.4, 0.5) is 5.82 Å². The molecule has 0 fully saturated rings. The number of aliphatic hydroxyl groups is 1. The highest BCUT2D eigenvalue weighted by Gasteiger charge is 2.18. The van der Waals surface area contributed by atoms with Crippen LogP contribution in [0.2, 0.25) is 0 Å². The summed E-state index contributed by atoms with van der Waals surface area (Å²) >= 11 is 0. The molecule has 0 spiro atoms. The maximum absolute atomic E-state index is 10.8. The van der Waals surface area contributed by atoms with E-state index in [0.717, 1.165) is 6.42 Å². The van der Waals surface area contributed by atoms with Crippen LogP contribution in [0.25, 0.3) is 0 Å². The first-order valence-corrected chi connectivity index (χ1v) is 5.60. The minimum atomic E-state index is -0.990. The van der Waals surface area contributed by atoms with E-state index in [4.69, 9.17) is 5.11 Å². The number of aromatic nitrogens is 1. The minimum absolute atomic E-state index is 0.178. The Morgan fingerprint density at radius 2 is 2.29 bits per heavy atom. The van der Waals surface area contributed by atoms with E-state index < -0.39 is 11.6 Å². The molecule has 1 aromatic heterocycles. The molecular formula is C12H18N2O3. The van der Waals surface area contributed by atoms with Crippen LogP contribution in [0.3, 0.4) is 0 Å². The van der Waals surface area contributed by atoms with Crippen molar-refractivity contribution in [2.75, 3.05) is 11.9 Å². The van der Waals surface area contributed by atoms with Crippen molar-refractivity contribution in [2.24, 2.45) is 0 Å². The molecule has 0 aliphatic rings. The lowest BCUT2D eigenvalue weighted by molar-refractivity contribution is 0.0636. The second-order valence-electron chi connectivity index (χ2n) is 4.34. The van der Waals surface area contributed by atoms with Gasteiger partial charge in [0.05, 0.1) is 11.2 Å². The third-order valence-corrected chi connectivity index (χ3v) is 2.45. The maximum atomic E-state index is 10.8. The average Bonchev–Trinajstić information content (AvgIpc) is 2.27. The number of pyridine rings is 1. The summed E-state index contributed by atoms with van der Waals surface area (Å²) in [6, 6.07) is 2.88. The zero-order valence-electron chi connectivity index (χ0n) is 10.1. The van der Waals surface area contributed by atoms with Crippen molar-refractivity contribution in [3.63, 3.8) is 0 Å². The molecule has 0 radical (unpaired) electrons. The SMILES string of the molecule is CCCC(C)(O)CNc1cc(C(=O)O)ccn1. The Morgan fingerprint density at radius 1 is 1.59 bits per heavy atom. The van der Waals surface area contributed by atoms with Crippen LogP contribution in [0.1, 0.15) is 37.0 Å². The maximum Gasteiger partial charge on any atom is 0.335 e. The second-order valence-corrected chi connectivity index (χ2v) is 4.34. The first-order valence-electron chi connectivity index (χ1n) is 5.60. The zero-order chi connectivity index (χ0) is 12.9. The van der Waals surface area contributed by atoms with Gasteiger partial charge in [0.1, 0.15) is 5.82 Å². The molecule has 1 rings (SSSR count). The van der Waals surface area contributed by atoms with Crippen LogP contribution in [0.15, 0.2) is 18.3 Å². The van der Waals surface area contributed by atoms with E-state index in [1.807, 2.05) is 6.92 Å². The van der Waals surface area contributed by atoms with Crippen molar-refractivity contribution in [2.45, 2.75) is 32.3 Å². The normalized spacial score (nSPS) is 14.1. The summed E-state index contributed by atoms with van der Waals surface area (Å²) in [5.41, 5.74) is -0.631. The van der Waals surface area contributed by atoms with Crippen LogP contribution in [0.5, 0.6) is 0 Å². The quantitative estimate of drug-likeness (QED) is 0.703. The fraction of sp³-hybridized carbons (Fsp3) is 0.500. The predicted molar refractivity (Wildman–Crippen MR) is 65.2 cm³/mol. The largest absolute Gasteiger partial charge is 0.478 e. The molecule has 5 heteroatoms. The Kier molecular flexibility index (Phi) is 4.45. The van der Waals surface area contributed by atoms with Gasteiger partial charge < -0.3 is 15.5 Å². The molecule has 1 aromatic rings. The van der Waals surface area contributed by atoms with Crippen molar-refractivity contribution >= 4 is 11.8 Å². The summed E-state index contributed by atoms with van der Waals surface area (Å²) in [4.78, 5) is 14.8. The first kappa shape index (κ1) is 13.4. The summed E-state index contributed by atoms with van der Waals surface area (Å²) in [6.45, 7) is 4.08. The molecule has 1 atom stereocenters. The van der Waals surface area contributed by atoms with Crippen LogP contribution in [0, 0.1) is 0 Å². The predicted octanol–water partition coefficient (Wildman–Crippen LogP) is 1.74. The molecule has 0 amide bonds. The van der Waals surface area contributed by atoms with Gasteiger partial charge in [-0.1, -0.05) is 13.3 Å². The smallest absolute Gasteiger partial charge is 0.335 e. The van der Waals surface area contributed by atoms with E-state index in [9.17, 15) is 9.90 Å². The Balaban J connectivity index is 2.63. The lowest BCUT2D eigenvalue weighted by Gasteiger charge is -2.23. The van der Waals surface area contributed by atoms with Crippen molar-refractivity contribution in [1.29, 1.82) is 0 Å². The van der Waals surface area contributed by atoms with Gasteiger partial charge in [-0.3, -0.25) is 0 Å². The zero-order valence-corrected chi connectivity index (χ0v) is 10.1. The Labute approximate surface area is 101 Å². The highest BCUT2D eigenvalue weighted by molar-refractivity contribution is 5.88. The Bertz CT molecular complexity index is 391. The number of hydrogen-bond acceptors (Lipinski definition) is 4. The summed E-state index contributed by atoms with van der Waals surface area (Å²) in [5, 5.41) is 21.7. The molecule has 17 heavy (non-hydrogen) atoms. The van der Waals surface area contributed by atoms with Crippen molar-refractivity contribution < 1.29 is 15.0 Å². The van der Waals surface area contributed by atoms with Crippen molar-refractivity contribution in [1.82, 2.24) is 4.98 Å². The van der Waals surface area contributed by atoms with Crippen LogP contribution < -0.4 is 5.32 Å². The van der Waals surface area contributed by atoms with Gasteiger partial charge in [-0.05, 0) is 25.5 Å². The minimum Gasteiger partial charge on any atom is -0.478 e. The second kappa shape index (κ2) is 5.63. The molecule has 3 N–H and O–H groups in total. The molecule has 0 saturated carbocycles. The van der Waals surface area contributed by atoms with E-state index in [2.05, 4.69) is 10.3 Å². The lowest BCUT2D eigenvalue weighted by Crippen LogP contribution is -2.33. The molecule has 0 aliphatic heterocycles. The van der Waals surface area contributed by atoms with Crippen LogP contribution >= 0.6 is 0 Å². The number of carboxylic acid groups (broad SMARTS) is 1. The lowest BCUT2D eigenvalue weighted by atomic mass is 10.0. The van der Waals surface area contributed by atoms with E-state index in [1.54, 1.807) is 6.92 Å². The summed E-state index contributed by atoms with van der Waals surface area (Å²) in [7, 11) is 0. The van der Waals surface area contributed by atoms with E-state index in [0.29, 0.717) is 18.8 Å². The van der Waals surface area contributed by atoms with Crippen LogP contribution in [-0.4, -0.2) is 33.3 Å². The highest BCUT2D eigenvalue weighted by atomic mass is 16.4. The Hall–Kier alpha value is -1.62. The molecule has 1 unspecified atom stereocenters. The van der Waals surface area contributed by atoms with Gasteiger partial charge in [0.15, 0.2) is 0 Å². The van der Waals surface area contributed by atoms with E-state index in [-0.39, 0.29) is 5.56 Å². The van der Waals surface area contributed by atoms with Crippen LogP contribution in [-0.2, 0) is 0 Å². The molecule has 94 valence electrons. The van der Waals surface area contributed by atoms with E-state index in [1.165, 1.54) is 18.3 Å². The highest BCUT2D eigenvalue weighted by Crippen LogP contribution is 2.13. The van der Waals surface area contributed by atoms with Gasteiger partial charge in [0.2, 0.25) is 0 Å². The van der Waals surface area contributed by atoms with Gasteiger partial charge in [-0.25, -0.2) is 9.78 Å². The number of carboxylic acids is 1. The topological polar surface area (TPSA) is 82.5 Å². The number of nitrogens with one attached hydrogen (secondary N) is 1. The van der Waals surface area contributed by atoms with Gasteiger partial charge in [0, 0.05) is 12.7 Å². The standard InChI is InChI=1S/C12H18N2O3/c1-3-5-12(2,17)8-14-10-7-9(11(15)16)4-6-13-10/h4,6-7,17H,3,5,8H2,1-2H3,(H,13,14)(H,15,16). The van der Waals surface area contributed by atoms with Crippen molar-refractivity contribution in [3.8, 4) is 0 Å². The summed E-state index contributed by atoms with van der Waals surface area (Å²) in [6.07, 6.45) is 3.00. The molecule has 0 saturated heterocycles. The molecule has 5 nitrogen and oxygen atoms in total. The number of nitrogens with zero attached hydrogens (tertiary/aromatic N) is 1. The molecular weight excluding hydrogens is 220 g/mol. The fourth-order valence-electron chi connectivity index (χ4n) is 1.57. The van der Waals surface area contributed by atoms with Gasteiger partial charge >= 0.3 is 5.97 Å². The van der Waals surface area contributed by atoms with Gasteiger partial charge in [0.25, 0.3) is 0 Å². The summed E-state index contributed by atoms with van der Waals surface area (Å²) in [5.74, 6) is -0.531. The van der Waals surface area contributed by atoms with Crippen molar-refractivity contribution in [3.05, 3.63) is 23.9 Å². The third-order valence-electron chi connectivity index (χ3n) is 2.45. The number of carbonyl (C=O) groups is 1. The molecule has 0 aromatic carbocycles. The molecule has 0 aliphatic carbocycles. The fourth-order valence-corrected chi connectivity index (χ4v) is 1.57. The van der Waals surface area contributed by atoms with Gasteiger partial charge in [-0.15, -0.1) is 0 Å². The van der Waals surface area contributed by atoms with E-state index >= 15 is 0 Å². The monoisotopic (exact) mass is 238 g/mol. The average molecular weight is 238 g/mol. The number of rotatable bonds is 6. The molecule has 1 heterocycles. The number of anilines is 1.